The maximum absolute atomic E-state index is 12.6. The van der Waals surface area contributed by atoms with Gasteiger partial charge in [0, 0.05) is 25.2 Å². The second kappa shape index (κ2) is 7.47. The Bertz CT molecular complexity index is 347. The van der Waals surface area contributed by atoms with Crippen molar-refractivity contribution in [3.8, 4) is 0 Å². The van der Waals surface area contributed by atoms with Crippen LogP contribution in [0.3, 0.4) is 0 Å². The van der Waals surface area contributed by atoms with Gasteiger partial charge < -0.3 is 19.8 Å². The molecule has 0 saturated carbocycles. The summed E-state index contributed by atoms with van der Waals surface area (Å²) in [5.41, 5.74) is 0. The molecule has 1 saturated heterocycles. The molecule has 0 aromatic carbocycles. The van der Waals surface area contributed by atoms with E-state index in [0.717, 1.165) is 25.8 Å². The van der Waals surface area contributed by atoms with Gasteiger partial charge in [-0.15, -0.1) is 0 Å². The van der Waals surface area contributed by atoms with Gasteiger partial charge in [-0.1, -0.05) is 6.92 Å². The zero-order chi connectivity index (χ0) is 15.3. The highest BCUT2D eigenvalue weighted by molar-refractivity contribution is 5.80. The van der Waals surface area contributed by atoms with Gasteiger partial charge in [0.25, 0.3) is 0 Å². The minimum Gasteiger partial charge on any atom is -0.480 e. The minimum atomic E-state index is -0.959. The van der Waals surface area contributed by atoms with E-state index in [0.29, 0.717) is 12.6 Å². The van der Waals surface area contributed by atoms with Crippen LogP contribution in [0.25, 0.3) is 0 Å². The van der Waals surface area contributed by atoms with Gasteiger partial charge in [0.15, 0.2) is 0 Å². The van der Waals surface area contributed by atoms with Gasteiger partial charge >= 0.3 is 12.0 Å². The van der Waals surface area contributed by atoms with E-state index in [9.17, 15) is 9.59 Å². The molecular formula is C14H27N3O3. The molecule has 6 heteroatoms. The molecule has 116 valence electrons. The third-order valence-electron chi connectivity index (χ3n) is 4.07. The first-order chi connectivity index (χ1) is 9.36. The molecule has 2 unspecified atom stereocenters. The fourth-order valence-electron chi connectivity index (χ4n) is 2.51. The van der Waals surface area contributed by atoms with E-state index in [2.05, 4.69) is 4.90 Å². The van der Waals surface area contributed by atoms with E-state index in [1.54, 1.807) is 4.90 Å². The molecule has 1 aliphatic rings. The number of rotatable bonds is 5. The number of likely N-dealkylation sites (N-methyl/N-ethyl adjacent to an activating group) is 1. The van der Waals surface area contributed by atoms with E-state index < -0.39 is 5.97 Å². The lowest BCUT2D eigenvalue weighted by Crippen LogP contribution is -2.54. The Morgan fingerprint density at radius 3 is 2.55 bits per heavy atom. The summed E-state index contributed by atoms with van der Waals surface area (Å²) in [7, 11) is 4.03. The number of carbonyl (C=O) groups excluding carboxylic acids is 1. The number of carboxylic acid groups (broad SMARTS) is 1. The van der Waals surface area contributed by atoms with E-state index >= 15 is 0 Å². The topological polar surface area (TPSA) is 64.1 Å². The van der Waals surface area contributed by atoms with Crippen molar-refractivity contribution in [3.63, 3.8) is 0 Å². The summed E-state index contributed by atoms with van der Waals surface area (Å²) in [5, 5.41) is 9.00. The van der Waals surface area contributed by atoms with Crippen LogP contribution in [0.5, 0.6) is 0 Å². The molecule has 0 spiro atoms. The second-order valence-electron chi connectivity index (χ2n) is 5.77. The summed E-state index contributed by atoms with van der Waals surface area (Å²) in [6, 6.07) is 0.156. The molecule has 20 heavy (non-hydrogen) atoms. The van der Waals surface area contributed by atoms with Crippen LogP contribution in [0.4, 0.5) is 4.79 Å². The molecule has 1 heterocycles. The highest BCUT2D eigenvalue weighted by Crippen LogP contribution is 2.17. The molecule has 0 bridgehead atoms. The lowest BCUT2D eigenvalue weighted by Gasteiger charge is -2.39. The van der Waals surface area contributed by atoms with Gasteiger partial charge in [-0.25, -0.2) is 4.79 Å². The van der Waals surface area contributed by atoms with Gasteiger partial charge in [0.2, 0.25) is 0 Å². The average Bonchev–Trinajstić information content (AvgIpc) is 2.43. The van der Waals surface area contributed by atoms with Crippen molar-refractivity contribution in [2.24, 2.45) is 0 Å². The first kappa shape index (κ1) is 16.8. The van der Waals surface area contributed by atoms with Crippen molar-refractivity contribution in [2.75, 3.05) is 33.7 Å². The number of aliphatic carboxylic acids is 1. The van der Waals surface area contributed by atoms with Crippen molar-refractivity contribution in [3.05, 3.63) is 0 Å². The van der Waals surface area contributed by atoms with Crippen molar-refractivity contribution >= 4 is 12.0 Å². The highest BCUT2D eigenvalue weighted by Gasteiger charge is 2.30. The molecule has 0 aromatic heterocycles. The quantitative estimate of drug-likeness (QED) is 0.827. The summed E-state index contributed by atoms with van der Waals surface area (Å²) in [4.78, 5) is 28.9. The number of likely N-dealkylation sites (tertiary alicyclic amines) is 1. The number of urea groups is 1. The SMILES string of the molecule is CCC(C)N(CC(=O)O)C(=O)N1CCCC(N(C)C)C1. The van der Waals surface area contributed by atoms with E-state index in [1.165, 1.54) is 4.90 Å². The van der Waals surface area contributed by atoms with Gasteiger partial charge in [-0.2, -0.15) is 0 Å². The summed E-state index contributed by atoms with van der Waals surface area (Å²) >= 11 is 0. The first-order valence-electron chi connectivity index (χ1n) is 7.30. The predicted octanol–water partition coefficient (Wildman–Crippen LogP) is 1.32. The molecule has 6 nitrogen and oxygen atoms in total. The molecule has 2 atom stereocenters. The molecule has 1 aliphatic heterocycles. The minimum absolute atomic E-state index is 0.0571. The van der Waals surface area contributed by atoms with E-state index in [-0.39, 0.29) is 18.6 Å². The maximum atomic E-state index is 12.6. The van der Waals surface area contributed by atoms with Crippen molar-refractivity contribution in [1.29, 1.82) is 0 Å². The number of hydrogen-bond donors (Lipinski definition) is 1. The average molecular weight is 285 g/mol. The lowest BCUT2D eigenvalue weighted by atomic mass is 10.1. The molecule has 0 radical (unpaired) electrons. The Balaban J connectivity index is 2.75. The Hall–Kier alpha value is -1.30. The smallest absolute Gasteiger partial charge is 0.323 e. The van der Waals surface area contributed by atoms with Crippen LogP contribution in [0, 0.1) is 0 Å². The van der Waals surface area contributed by atoms with Crippen LogP contribution in [0.15, 0.2) is 0 Å². The van der Waals surface area contributed by atoms with Crippen LogP contribution < -0.4 is 0 Å². The molecule has 2 amide bonds. The number of carboxylic acids is 1. The van der Waals surface area contributed by atoms with Crippen LogP contribution in [-0.2, 0) is 4.79 Å². The highest BCUT2D eigenvalue weighted by atomic mass is 16.4. The fourth-order valence-corrected chi connectivity index (χ4v) is 2.51. The normalized spacial score (nSPS) is 20.9. The first-order valence-corrected chi connectivity index (χ1v) is 7.30. The summed E-state index contributed by atoms with van der Waals surface area (Å²) < 4.78 is 0. The monoisotopic (exact) mass is 285 g/mol. The van der Waals surface area contributed by atoms with Crippen molar-refractivity contribution < 1.29 is 14.7 Å². The van der Waals surface area contributed by atoms with Crippen molar-refractivity contribution in [1.82, 2.24) is 14.7 Å². The Kier molecular flexibility index (Phi) is 6.26. The van der Waals surface area contributed by atoms with Crippen molar-refractivity contribution in [2.45, 2.75) is 45.2 Å². The van der Waals surface area contributed by atoms with Gasteiger partial charge in [0.05, 0.1) is 0 Å². The third kappa shape index (κ3) is 4.37. The fraction of sp³-hybridized carbons (Fsp3) is 0.857. The number of amides is 2. The molecule has 1 rings (SSSR count). The largest absolute Gasteiger partial charge is 0.480 e. The lowest BCUT2D eigenvalue weighted by molar-refractivity contribution is -0.138. The molecule has 0 aliphatic carbocycles. The van der Waals surface area contributed by atoms with Crippen LogP contribution in [-0.4, -0.2) is 77.6 Å². The standard InChI is InChI=1S/C14H27N3O3/c1-5-11(2)17(10-13(18)19)14(20)16-8-6-7-12(9-16)15(3)4/h11-12H,5-10H2,1-4H3,(H,18,19). The van der Waals surface area contributed by atoms with E-state index in [4.69, 9.17) is 5.11 Å². The number of piperidine rings is 1. The number of nitrogens with zero attached hydrogens (tertiary/aromatic N) is 3. The summed E-state index contributed by atoms with van der Waals surface area (Å²) in [5.74, 6) is -0.959. The molecule has 0 aromatic rings. The zero-order valence-electron chi connectivity index (χ0n) is 13.0. The zero-order valence-corrected chi connectivity index (χ0v) is 13.0. The third-order valence-corrected chi connectivity index (χ3v) is 4.07. The Morgan fingerprint density at radius 2 is 2.05 bits per heavy atom. The predicted molar refractivity (Wildman–Crippen MR) is 77.8 cm³/mol. The number of carbonyl (C=O) groups is 2. The molecule has 1 fully saturated rings. The van der Waals surface area contributed by atoms with Crippen LogP contribution in [0.2, 0.25) is 0 Å². The van der Waals surface area contributed by atoms with E-state index in [1.807, 2.05) is 27.9 Å². The molecular weight excluding hydrogens is 258 g/mol. The Morgan fingerprint density at radius 1 is 1.40 bits per heavy atom. The van der Waals surface area contributed by atoms with Crippen LogP contribution >= 0.6 is 0 Å². The number of hydrogen-bond acceptors (Lipinski definition) is 3. The maximum Gasteiger partial charge on any atom is 0.323 e. The van der Waals surface area contributed by atoms with Gasteiger partial charge in [0.1, 0.15) is 6.54 Å². The summed E-state index contributed by atoms with van der Waals surface area (Å²) in [6.07, 6.45) is 2.80. The molecule has 1 N–H and O–H groups in total. The summed E-state index contributed by atoms with van der Waals surface area (Å²) in [6.45, 7) is 5.03. The van der Waals surface area contributed by atoms with Gasteiger partial charge in [-0.3, -0.25) is 4.79 Å². The van der Waals surface area contributed by atoms with Crippen LogP contribution in [0.1, 0.15) is 33.1 Å². The Labute approximate surface area is 121 Å². The second-order valence-corrected chi connectivity index (χ2v) is 5.77. The van der Waals surface area contributed by atoms with Gasteiger partial charge in [-0.05, 0) is 40.3 Å².